The van der Waals surface area contributed by atoms with Crippen molar-refractivity contribution < 1.29 is 9.53 Å². The van der Waals surface area contributed by atoms with Crippen LogP contribution in [0.4, 0.5) is 5.13 Å². The number of aromatic nitrogens is 2. The highest BCUT2D eigenvalue weighted by Gasteiger charge is 2.28. The molecule has 1 aliphatic carbocycles. The molecule has 156 valence electrons. The molecule has 0 aromatic carbocycles. The fourth-order valence-electron chi connectivity index (χ4n) is 4.00. The lowest BCUT2D eigenvalue weighted by molar-refractivity contribution is -0.127. The van der Waals surface area contributed by atoms with Crippen LogP contribution in [-0.2, 0) is 16.1 Å². The third-order valence-electron chi connectivity index (χ3n) is 5.77. The van der Waals surface area contributed by atoms with Crippen LogP contribution in [0.3, 0.4) is 0 Å². The molecule has 2 aliphatic rings. The number of thiazole rings is 1. The van der Waals surface area contributed by atoms with E-state index in [9.17, 15) is 4.79 Å². The molecule has 2 fully saturated rings. The quantitative estimate of drug-likeness (QED) is 0.805. The van der Waals surface area contributed by atoms with Gasteiger partial charge in [-0.05, 0) is 57.7 Å². The molecule has 0 radical (unpaired) electrons. The van der Waals surface area contributed by atoms with Gasteiger partial charge in [0.2, 0.25) is 5.91 Å². The molecule has 7 heteroatoms. The van der Waals surface area contributed by atoms with Crippen molar-refractivity contribution in [1.82, 2.24) is 15.3 Å². The zero-order valence-electron chi connectivity index (χ0n) is 17.7. The van der Waals surface area contributed by atoms with Gasteiger partial charge in [0.15, 0.2) is 5.13 Å². The summed E-state index contributed by atoms with van der Waals surface area (Å²) in [6.07, 6.45) is 5.45. The molecule has 1 N–H and O–H groups in total. The normalized spacial score (nSPS) is 22.4. The predicted molar refractivity (Wildman–Crippen MR) is 116 cm³/mol. The minimum atomic E-state index is 0.160. The largest absolute Gasteiger partial charge is 0.372 e. The van der Waals surface area contributed by atoms with E-state index in [1.165, 1.54) is 0 Å². The number of hydrogen-bond acceptors (Lipinski definition) is 6. The van der Waals surface area contributed by atoms with Crippen molar-refractivity contribution in [3.05, 3.63) is 29.2 Å². The maximum Gasteiger partial charge on any atom is 0.223 e. The fourth-order valence-corrected chi connectivity index (χ4v) is 5.18. The second kappa shape index (κ2) is 8.40. The highest BCUT2D eigenvalue weighted by Crippen LogP contribution is 2.38. The van der Waals surface area contributed by atoms with Crippen LogP contribution in [0.15, 0.2) is 12.3 Å². The summed E-state index contributed by atoms with van der Waals surface area (Å²) in [4.78, 5) is 25.2. The van der Waals surface area contributed by atoms with Crippen molar-refractivity contribution in [3.8, 4) is 10.4 Å². The number of pyridine rings is 1. The lowest BCUT2D eigenvalue weighted by Crippen LogP contribution is -2.45. The molecule has 29 heavy (non-hydrogen) atoms. The smallest absolute Gasteiger partial charge is 0.223 e. The van der Waals surface area contributed by atoms with Gasteiger partial charge in [0.05, 0.1) is 29.3 Å². The van der Waals surface area contributed by atoms with Crippen molar-refractivity contribution in [2.24, 2.45) is 5.92 Å². The Bertz CT molecular complexity index is 883. The summed E-state index contributed by atoms with van der Waals surface area (Å²) in [6, 6.07) is 2.12. The SMILES string of the molecule is Cc1cc(-c2sc(N3C[C@@H](C)O[C@@H](C)C3)nc2CNC(=O)C2CCC2)c(C)cn1. The maximum absolute atomic E-state index is 12.4. The Morgan fingerprint density at radius 3 is 2.66 bits per heavy atom. The highest BCUT2D eigenvalue weighted by atomic mass is 32.1. The number of nitrogens with one attached hydrogen (secondary N) is 1. The maximum atomic E-state index is 12.4. The third-order valence-corrected chi connectivity index (χ3v) is 6.96. The van der Waals surface area contributed by atoms with Crippen LogP contribution >= 0.6 is 11.3 Å². The summed E-state index contributed by atoms with van der Waals surface area (Å²) in [5.74, 6) is 0.343. The van der Waals surface area contributed by atoms with E-state index in [2.05, 4.69) is 42.0 Å². The first kappa shape index (κ1) is 20.3. The Morgan fingerprint density at radius 2 is 2.00 bits per heavy atom. The molecule has 3 heterocycles. The number of morpholine rings is 1. The van der Waals surface area contributed by atoms with E-state index in [0.29, 0.717) is 6.54 Å². The van der Waals surface area contributed by atoms with E-state index in [-0.39, 0.29) is 24.0 Å². The molecule has 1 aliphatic heterocycles. The van der Waals surface area contributed by atoms with Gasteiger partial charge in [0.1, 0.15) is 0 Å². The number of rotatable bonds is 5. The van der Waals surface area contributed by atoms with Gasteiger partial charge in [-0.1, -0.05) is 17.8 Å². The van der Waals surface area contributed by atoms with Crippen LogP contribution in [0.2, 0.25) is 0 Å². The Morgan fingerprint density at radius 1 is 1.28 bits per heavy atom. The van der Waals surface area contributed by atoms with Crippen LogP contribution < -0.4 is 10.2 Å². The van der Waals surface area contributed by atoms with E-state index in [1.54, 1.807) is 11.3 Å². The van der Waals surface area contributed by atoms with E-state index in [0.717, 1.165) is 64.9 Å². The zero-order chi connectivity index (χ0) is 20.5. The number of aryl methyl sites for hydroxylation is 2. The fraction of sp³-hybridized carbons (Fsp3) is 0.591. The molecule has 2 aromatic rings. The molecule has 4 rings (SSSR count). The van der Waals surface area contributed by atoms with Gasteiger partial charge in [0.25, 0.3) is 0 Å². The van der Waals surface area contributed by atoms with Crippen LogP contribution in [-0.4, -0.2) is 41.2 Å². The number of carbonyl (C=O) groups excluding carboxylic acids is 1. The Kier molecular flexibility index (Phi) is 5.88. The predicted octanol–water partition coefficient (Wildman–Crippen LogP) is 3.85. The van der Waals surface area contributed by atoms with Crippen molar-refractivity contribution >= 4 is 22.4 Å². The van der Waals surface area contributed by atoms with Crippen LogP contribution in [0.5, 0.6) is 0 Å². The average molecular weight is 415 g/mol. The lowest BCUT2D eigenvalue weighted by Gasteiger charge is -2.35. The van der Waals surface area contributed by atoms with Gasteiger partial charge in [-0.15, -0.1) is 0 Å². The summed E-state index contributed by atoms with van der Waals surface area (Å²) in [5.41, 5.74) is 4.21. The summed E-state index contributed by atoms with van der Waals surface area (Å²) in [5, 5.41) is 4.13. The first-order chi connectivity index (χ1) is 13.9. The summed E-state index contributed by atoms with van der Waals surface area (Å²) >= 11 is 1.71. The minimum absolute atomic E-state index is 0.160. The van der Waals surface area contributed by atoms with Crippen molar-refractivity contribution in [3.63, 3.8) is 0 Å². The molecule has 0 bridgehead atoms. The third kappa shape index (κ3) is 4.46. The van der Waals surface area contributed by atoms with Gasteiger partial charge in [-0.25, -0.2) is 4.98 Å². The molecule has 0 unspecified atom stereocenters. The number of ether oxygens (including phenoxy) is 1. The monoisotopic (exact) mass is 414 g/mol. The molecule has 2 atom stereocenters. The number of anilines is 1. The Balaban J connectivity index is 1.64. The van der Waals surface area contributed by atoms with Gasteiger partial charge in [-0.2, -0.15) is 0 Å². The second-order valence-corrected chi connectivity index (χ2v) is 9.40. The molecule has 1 amide bonds. The Hall–Kier alpha value is -1.99. The molecular formula is C22H30N4O2S. The average Bonchev–Trinajstić information content (AvgIpc) is 3.04. The molecule has 6 nitrogen and oxygen atoms in total. The number of nitrogens with zero attached hydrogens (tertiary/aromatic N) is 3. The van der Waals surface area contributed by atoms with E-state index in [4.69, 9.17) is 9.72 Å². The first-order valence-electron chi connectivity index (χ1n) is 10.5. The van der Waals surface area contributed by atoms with E-state index in [1.807, 2.05) is 13.1 Å². The molecule has 0 spiro atoms. The van der Waals surface area contributed by atoms with Crippen molar-refractivity contribution in [2.75, 3.05) is 18.0 Å². The molecule has 1 saturated carbocycles. The minimum Gasteiger partial charge on any atom is -0.372 e. The van der Waals surface area contributed by atoms with Crippen LogP contribution in [0, 0.1) is 19.8 Å². The van der Waals surface area contributed by atoms with Gasteiger partial charge in [-0.3, -0.25) is 9.78 Å². The van der Waals surface area contributed by atoms with E-state index >= 15 is 0 Å². The van der Waals surface area contributed by atoms with Crippen molar-refractivity contribution in [1.29, 1.82) is 0 Å². The summed E-state index contributed by atoms with van der Waals surface area (Å²) < 4.78 is 5.89. The number of carbonyl (C=O) groups is 1. The van der Waals surface area contributed by atoms with Crippen LogP contribution in [0.1, 0.15) is 50.1 Å². The molecular weight excluding hydrogens is 384 g/mol. The molecule has 2 aromatic heterocycles. The topological polar surface area (TPSA) is 67.3 Å². The summed E-state index contributed by atoms with van der Waals surface area (Å²) in [7, 11) is 0. The zero-order valence-corrected chi connectivity index (χ0v) is 18.5. The summed E-state index contributed by atoms with van der Waals surface area (Å²) in [6.45, 7) is 10.4. The standard InChI is InChI=1S/C22H30N4O2S/c1-13-9-23-14(2)8-18(13)20-19(10-24-21(27)17-6-5-7-17)25-22(29-20)26-11-15(3)28-16(4)12-26/h8-9,15-17H,5-7,10-12H2,1-4H3,(H,24,27)/t15-,16+. The van der Waals surface area contributed by atoms with Gasteiger partial charge in [0, 0.05) is 30.9 Å². The van der Waals surface area contributed by atoms with E-state index < -0.39 is 0 Å². The highest BCUT2D eigenvalue weighted by molar-refractivity contribution is 7.19. The second-order valence-electron chi connectivity index (χ2n) is 8.42. The number of hydrogen-bond donors (Lipinski definition) is 1. The van der Waals surface area contributed by atoms with Crippen molar-refractivity contribution in [2.45, 2.75) is 65.7 Å². The molecule has 1 saturated heterocycles. The van der Waals surface area contributed by atoms with Crippen LogP contribution in [0.25, 0.3) is 10.4 Å². The first-order valence-corrected chi connectivity index (χ1v) is 11.3. The Labute approximate surface area is 176 Å². The number of amides is 1. The lowest BCUT2D eigenvalue weighted by atomic mass is 9.85. The van der Waals surface area contributed by atoms with Gasteiger partial charge >= 0.3 is 0 Å². The van der Waals surface area contributed by atoms with Gasteiger partial charge < -0.3 is 15.0 Å².